The minimum absolute atomic E-state index is 0.162. The van der Waals surface area contributed by atoms with Crippen molar-refractivity contribution < 1.29 is 5.21 Å². The molecule has 0 aromatic heterocycles. The van der Waals surface area contributed by atoms with Crippen molar-refractivity contribution in [1.82, 2.24) is 4.90 Å². The average Bonchev–Trinajstić information content (AvgIpc) is 2.33. The van der Waals surface area contributed by atoms with Crippen LogP contribution in [0.2, 0.25) is 10.0 Å². The van der Waals surface area contributed by atoms with Crippen molar-refractivity contribution in [3.05, 3.63) is 33.8 Å². The molecule has 0 bridgehead atoms. The van der Waals surface area contributed by atoms with E-state index in [0.29, 0.717) is 16.5 Å². The number of hydrogen-bond donors (Lipinski definition) is 2. The van der Waals surface area contributed by atoms with Crippen LogP contribution in [-0.4, -0.2) is 29.0 Å². The molecule has 1 unspecified atom stereocenters. The second-order valence-electron chi connectivity index (χ2n) is 4.31. The topological polar surface area (TPSA) is 61.9 Å². The smallest absolute Gasteiger partial charge is 0.140 e. The van der Waals surface area contributed by atoms with Crippen molar-refractivity contribution in [3.8, 4) is 0 Å². The minimum Gasteiger partial charge on any atom is -0.409 e. The van der Waals surface area contributed by atoms with Crippen LogP contribution in [0.4, 0.5) is 0 Å². The molecule has 1 rings (SSSR count). The van der Waals surface area contributed by atoms with Gasteiger partial charge >= 0.3 is 0 Å². The number of oxime groups is 1. The van der Waals surface area contributed by atoms with Crippen molar-refractivity contribution in [2.24, 2.45) is 10.9 Å². The van der Waals surface area contributed by atoms with Gasteiger partial charge in [-0.05, 0) is 31.7 Å². The largest absolute Gasteiger partial charge is 0.409 e. The molecule has 0 radical (unpaired) electrons. The Labute approximate surface area is 117 Å². The molecule has 4 nitrogen and oxygen atoms in total. The normalized spacial score (nSPS) is 13.9. The van der Waals surface area contributed by atoms with Gasteiger partial charge in [0.15, 0.2) is 0 Å². The van der Waals surface area contributed by atoms with E-state index in [1.807, 2.05) is 26.1 Å². The molecule has 1 aromatic rings. The Morgan fingerprint density at radius 3 is 2.67 bits per heavy atom. The van der Waals surface area contributed by atoms with Crippen LogP contribution in [0.25, 0.3) is 0 Å². The highest BCUT2D eigenvalue weighted by molar-refractivity contribution is 6.42. The van der Waals surface area contributed by atoms with E-state index in [-0.39, 0.29) is 11.9 Å². The van der Waals surface area contributed by atoms with E-state index in [9.17, 15) is 0 Å². The molecule has 0 aliphatic rings. The minimum atomic E-state index is 0.162. The lowest BCUT2D eigenvalue weighted by molar-refractivity contribution is 0.251. The van der Waals surface area contributed by atoms with E-state index in [0.717, 1.165) is 12.1 Å². The SMILES string of the molecule is CC(CC(N)=NO)N(C)Cc1ccc(Cl)c(Cl)c1. The Bertz CT molecular complexity index is 437. The Morgan fingerprint density at radius 1 is 1.44 bits per heavy atom. The zero-order valence-electron chi connectivity index (χ0n) is 10.4. The number of nitrogens with zero attached hydrogens (tertiary/aromatic N) is 2. The number of halogens is 2. The number of rotatable bonds is 5. The molecule has 0 aliphatic carbocycles. The predicted molar refractivity (Wildman–Crippen MR) is 75.4 cm³/mol. The lowest BCUT2D eigenvalue weighted by atomic mass is 10.1. The van der Waals surface area contributed by atoms with Gasteiger partial charge in [-0.25, -0.2) is 0 Å². The second-order valence-corrected chi connectivity index (χ2v) is 5.12. The average molecular weight is 290 g/mol. The molecule has 6 heteroatoms. The summed E-state index contributed by atoms with van der Waals surface area (Å²) in [5.41, 5.74) is 6.55. The van der Waals surface area contributed by atoms with Crippen LogP contribution >= 0.6 is 23.2 Å². The highest BCUT2D eigenvalue weighted by Gasteiger charge is 2.12. The van der Waals surface area contributed by atoms with E-state index < -0.39 is 0 Å². The summed E-state index contributed by atoms with van der Waals surface area (Å²) in [5.74, 6) is 0.225. The quantitative estimate of drug-likeness (QED) is 0.379. The van der Waals surface area contributed by atoms with Crippen LogP contribution < -0.4 is 5.73 Å². The third-order valence-corrected chi connectivity index (χ3v) is 3.54. The number of hydrogen-bond acceptors (Lipinski definition) is 3. The van der Waals surface area contributed by atoms with Crippen molar-refractivity contribution >= 4 is 29.0 Å². The highest BCUT2D eigenvalue weighted by Crippen LogP contribution is 2.23. The van der Waals surface area contributed by atoms with Gasteiger partial charge in [-0.3, -0.25) is 4.90 Å². The van der Waals surface area contributed by atoms with Crippen LogP contribution in [0.15, 0.2) is 23.4 Å². The maximum absolute atomic E-state index is 8.53. The molecule has 0 saturated carbocycles. The summed E-state index contributed by atoms with van der Waals surface area (Å²) in [6.07, 6.45) is 0.508. The molecule has 18 heavy (non-hydrogen) atoms. The summed E-state index contributed by atoms with van der Waals surface area (Å²) in [5, 5.41) is 12.6. The Hall–Kier alpha value is -0.970. The number of benzene rings is 1. The first-order chi connectivity index (χ1) is 8.43. The third kappa shape index (κ3) is 4.37. The first-order valence-corrected chi connectivity index (χ1v) is 6.30. The Kier molecular flexibility index (Phi) is 5.72. The molecule has 0 amide bonds. The van der Waals surface area contributed by atoms with Crippen LogP contribution in [0.1, 0.15) is 18.9 Å². The van der Waals surface area contributed by atoms with Gasteiger partial charge in [-0.2, -0.15) is 0 Å². The summed E-state index contributed by atoms with van der Waals surface area (Å²) >= 11 is 11.8. The van der Waals surface area contributed by atoms with Gasteiger partial charge in [0.1, 0.15) is 5.84 Å². The summed E-state index contributed by atoms with van der Waals surface area (Å²) in [4.78, 5) is 2.09. The lowest BCUT2D eigenvalue weighted by Crippen LogP contribution is -2.32. The van der Waals surface area contributed by atoms with Crippen LogP contribution in [0.5, 0.6) is 0 Å². The molecule has 0 fully saturated rings. The summed E-state index contributed by atoms with van der Waals surface area (Å²) < 4.78 is 0. The monoisotopic (exact) mass is 289 g/mol. The summed E-state index contributed by atoms with van der Waals surface area (Å²) in [6, 6.07) is 5.72. The Balaban J connectivity index is 2.63. The van der Waals surface area contributed by atoms with E-state index in [1.54, 1.807) is 6.07 Å². The van der Waals surface area contributed by atoms with Gasteiger partial charge in [-0.1, -0.05) is 34.4 Å². The molecule has 0 spiro atoms. The molecule has 1 atom stereocenters. The molecular weight excluding hydrogens is 273 g/mol. The lowest BCUT2D eigenvalue weighted by Gasteiger charge is -2.24. The van der Waals surface area contributed by atoms with Crippen LogP contribution in [0, 0.1) is 0 Å². The number of nitrogens with two attached hydrogens (primary N) is 1. The summed E-state index contributed by atoms with van der Waals surface area (Å²) in [6.45, 7) is 2.73. The molecule has 3 N–H and O–H groups in total. The molecule has 0 heterocycles. The van der Waals surface area contributed by atoms with Gasteiger partial charge in [-0.15, -0.1) is 0 Å². The summed E-state index contributed by atoms with van der Waals surface area (Å²) in [7, 11) is 1.97. The maximum atomic E-state index is 8.53. The predicted octanol–water partition coefficient (Wildman–Crippen LogP) is 2.95. The zero-order chi connectivity index (χ0) is 13.7. The van der Waals surface area contributed by atoms with E-state index in [1.165, 1.54) is 0 Å². The first kappa shape index (κ1) is 15.1. The van der Waals surface area contributed by atoms with Crippen LogP contribution in [-0.2, 0) is 6.54 Å². The fourth-order valence-electron chi connectivity index (χ4n) is 1.58. The second kappa shape index (κ2) is 6.83. The molecular formula is C12H17Cl2N3O. The maximum Gasteiger partial charge on any atom is 0.140 e. The van der Waals surface area contributed by atoms with Crippen molar-refractivity contribution in [2.45, 2.75) is 25.9 Å². The fourth-order valence-corrected chi connectivity index (χ4v) is 1.90. The molecule has 100 valence electrons. The van der Waals surface area contributed by atoms with E-state index in [2.05, 4.69) is 10.1 Å². The van der Waals surface area contributed by atoms with Gasteiger partial charge in [0.25, 0.3) is 0 Å². The first-order valence-electron chi connectivity index (χ1n) is 5.54. The third-order valence-electron chi connectivity index (χ3n) is 2.80. The molecule has 0 aliphatic heterocycles. The fraction of sp³-hybridized carbons (Fsp3) is 0.417. The van der Waals surface area contributed by atoms with Gasteiger partial charge in [0.2, 0.25) is 0 Å². The standard InChI is InChI=1S/C12H17Cl2N3O/c1-8(5-12(15)16-18)17(2)7-9-3-4-10(13)11(14)6-9/h3-4,6,8,18H,5,7H2,1-2H3,(H2,15,16). The van der Waals surface area contributed by atoms with Crippen LogP contribution in [0.3, 0.4) is 0 Å². The van der Waals surface area contributed by atoms with Crippen molar-refractivity contribution in [1.29, 1.82) is 0 Å². The zero-order valence-corrected chi connectivity index (χ0v) is 11.9. The van der Waals surface area contributed by atoms with Crippen molar-refractivity contribution in [3.63, 3.8) is 0 Å². The van der Waals surface area contributed by atoms with Crippen molar-refractivity contribution in [2.75, 3.05) is 7.05 Å². The molecule has 1 aromatic carbocycles. The van der Waals surface area contributed by atoms with Gasteiger partial charge < -0.3 is 10.9 Å². The van der Waals surface area contributed by atoms with E-state index >= 15 is 0 Å². The highest BCUT2D eigenvalue weighted by atomic mass is 35.5. The number of amidine groups is 1. The Morgan fingerprint density at radius 2 is 2.11 bits per heavy atom. The van der Waals surface area contributed by atoms with Gasteiger partial charge in [0.05, 0.1) is 10.0 Å². The van der Waals surface area contributed by atoms with Gasteiger partial charge in [0, 0.05) is 19.0 Å². The van der Waals surface area contributed by atoms with E-state index in [4.69, 9.17) is 34.1 Å². The molecule has 0 saturated heterocycles.